The zero-order valence-corrected chi connectivity index (χ0v) is 27.3. The van der Waals surface area contributed by atoms with E-state index in [-0.39, 0.29) is 56.9 Å². The fraction of sp³-hybridized carbons (Fsp3) is 0.250. The van der Waals surface area contributed by atoms with Crippen molar-refractivity contribution in [3.8, 4) is 34.0 Å². The molecule has 211 valence electrons. The Labute approximate surface area is 285 Å². The van der Waals surface area contributed by atoms with Crippen LogP contribution in [-0.4, -0.2) is 83.9 Å². The summed E-state index contributed by atoms with van der Waals surface area (Å²) in [4.78, 5) is 32.8. The minimum Gasteiger partial charge on any atom is -0.488 e. The van der Waals surface area contributed by atoms with E-state index in [1.165, 1.54) is 0 Å². The average molecular weight is 594 g/mol. The number of halogens is 1. The van der Waals surface area contributed by atoms with Gasteiger partial charge in [-0.15, -0.1) is 0 Å². The van der Waals surface area contributed by atoms with E-state index in [0.717, 1.165) is 34.4 Å². The molecule has 2 aromatic heterocycles. The van der Waals surface area contributed by atoms with Gasteiger partial charge in [-0.05, 0) is 61.2 Å². The van der Waals surface area contributed by atoms with Crippen molar-refractivity contribution in [3.05, 3.63) is 116 Å². The molecule has 0 amide bonds. The van der Waals surface area contributed by atoms with Crippen LogP contribution in [-0.2, 0) is 12.8 Å². The molecule has 42 heavy (non-hydrogen) atoms. The van der Waals surface area contributed by atoms with Crippen LogP contribution in [0.1, 0.15) is 42.9 Å². The van der Waals surface area contributed by atoms with E-state index >= 15 is 0 Å². The fourth-order valence-electron chi connectivity index (χ4n) is 4.87. The Morgan fingerprint density at radius 3 is 2.31 bits per heavy atom. The molecule has 0 aliphatic rings. The minimum atomic E-state index is -0.610. The topological polar surface area (TPSA) is 103 Å². The Morgan fingerprint density at radius 1 is 1.00 bits per heavy atom. The smallest absolute Gasteiger partial charge is 0.439 e. The van der Waals surface area contributed by atoms with Crippen molar-refractivity contribution in [3.63, 3.8) is 0 Å². The Bertz CT molecular complexity index is 1760. The van der Waals surface area contributed by atoms with Gasteiger partial charge in [-0.2, -0.15) is 0 Å². The number of rotatable bonds is 10. The van der Waals surface area contributed by atoms with E-state index in [4.69, 9.17) is 14.2 Å². The SMILES string of the molecule is CCCc1nc(C)n(-c2ccc(OC(C)CF)cc2)c(=O)c1Cc1ccc(-c2ccccc2-c2noc(=O)[nH]2)cc1.[K]. The molecule has 8 nitrogen and oxygen atoms in total. The molecule has 0 spiro atoms. The first-order valence-corrected chi connectivity index (χ1v) is 13.6. The van der Waals surface area contributed by atoms with Crippen LogP contribution in [0.4, 0.5) is 4.39 Å². The number of aromatic amines is 1. The zero-order valence-electron chi connectivity index (χ0n) is 24.2. The number of hydrogen-bond donors (Lipinski definition) is 1. The Hall–Kier alpha value is -3.15. The second-order valence-electron chi connectivity index (χ2n) is 9.91. The largest absolute Gasteiger partial charge is 0.488 e. The third-order valence-electron chi connectivity index (χ3n) is 6.83. The number of aromatic nitrogens is 4. The van der Waals surface area contributed by atoms with Crippen LogP contribution in [0.15, 0.2) is 86.9 Å². The molecule has 3 aromatic carbocycles. The molecule has 0 saturated heterocycles. The van der Waals surface area contributed by atoms with Crippen LogP contribution in [0.2, 0.25) is 0 Å². The molecule has 1 radical (unpaired) electrons. The summed E-state index contributed by atoms with van der Waals surface area (Å²) in [6.07, 6.45) is 1.44. The van der Waals surface area contributed by atoms with Crippen molar-refractivity contribution in [2.24, 2.45) is 0 Å². The first kappa shape index (κ1) is 31.8. The quantitative estimate of drug-likeness (QED) is 0.216. The Morgan fingerprint density at radius 2 is 1.69 bits per heavy atom. The van der Waals surface area contributed by atoms with Gasteiger partial charge in [-0.1, -0.05) is 67.0 Å². The van der Waals surface area contributed by atoms with E-state index in [2.05, 4.69) is 17.1 Å². The van der Waals surface area contributed by atoms with Gasteiger partial charge < -0.3 is 4.74 Å². The van der Waals surface area contributed by atoms with Crippen molar-refractivity contribution in [2.75, 3.05) is 6.67 Å². The number of H-pyrrole nitrogens is 1. The number of ether oxygens (including phenoxy) is 1. The molecule has 2 heterocycles. The first-order chi connectivity index (χ1) is 19.9. The van der Waals surface area contributed by atoms with E-state index in [9.17, 15) is 14.0 Å². The van der Waals surface area contributed by atoms with Gasteiger partial charge in [0, 0.05) is 68.9 Å². The summed E-state index contributed by atoms with van der Waals surface area (Å²) in [5, 5.41) is 3.83. The number of nitrogens with one attached hydrogen (secondary N) is 1. The van der Waals surface area contributed by atoms with Gasteiger partial charge in [0.15, 0.2) is 5.82 Å². The molecule has 10 heteroatoms. The van der Waals surface area contributed by atoms with Crippen LogP contribution in [0.5, 0.6) is 5.75 Å². The van der Waals surface area contributed by atoms with Crippen molar-refractivity contribution in [1.29, 1.82) is 0 Å². The van der Waals surface area contributed by atoms with Crippen LogP contribution in [0, 0.1) is 6.92 Å². The average Bonchev–Trinajstić information content (AvgIpc) is 3.42. The number of alkyl halides is 1. The number of hydrogen-bond acceptors (Lipinski definition) is 6. The third-order valence-corrected chi connectivity index (χ3v) is 6.83. The maximum atomic E-state index is 13.9. The van der Waals surface area contributed by atoms with Gasteiger partial charge in [0.25, 0.3) is 5.56 Å². The van der Waals surface area contributed by atoms with Crippen LogP contribution < -0.4 is 16.1 Å². The standard InChI is InChI=1S/C32H31FN4O4.K/c1-4-7-29-28(31(38)37(21(3)34-29)24-14-16-25(17-15-24)40-20(2)19-33)18-22-10-12-23(13-11-22)26-8-5-6-9-27(26)30-35-32(39)41-36-30;/h5-6,8-17,20H,4,7,18-19H2,1-3H3,(H,35,36,39);. The summed E-state index contributed by atoms with van der Waals surface area (Å²) in [5.41, 5.74) is 5.55. The predicted molar refractivity (Wildman–Crippen MR) is 161 cm³/mol. The third kappa shape index (κ3) is 7.07. The molecule has 1 atom stereocenters. The van der Waals surface area contributed by atoms with Crippen molar-refractivity contribution >= 4 is 51.4 Å². The first-order valence-electron chi connectivity index (χ1n) is 13.6. The van der Waals surface area contributed by atoms with Crippen LogP contribution in [0.3, 0.4) is 0 Å². The van der Waals surface area contributed by atoms with E-state index in [1.807, 2.05) is 55.5 Å². The van der Waals surface area contributed by atoms with Gasteiger partial charge in [0.2, 0.25) is 0 Å². The van der Waals surface area contributed by atoms with Gasteiger partial charge in [-0.3, -0.25) is 18.9 Å². The second kappa shape index (κ2) is 14.3. The molecule has 1 unspecified atom stereocenters. The Kier molecular flexibility index (Phi) is 10.9. The van der Waals surface area contributed by atoms with Crippen molar-refractivity contribution < 1.29 is 13.7 Å². The summed E-state index contributed by atoms with van der Waals surface area (Å²) < 4.78 is 24.7. The summed E-state index contributed by atoms with van der Waals surface area (Å²) in [7, 11) is 0. The molecule has 0 fully saturated rings. The molecule has 0 aliphatic carbocycles. The Balaban J connectivity index is 0.00000405. The van der Waals surface area contributed by atoms with E-state index in [0.29, 0.717) is 41.5 Å². The summed E-state index contributed by atoms with van der Waals surface area (Å²) in [5.74, 6) is 0.894. The second-order valence-corrected chi connectivity index (χ2v) is 9.91. The molecule has 5 aromatic rings. The minimum absolute atomic E-state index is 0. The van der Waals surface area contributed by atoms with E-state index < -0.39 is 18.5 Å². The van der Waals surface area contributed by atoms with Crippen molar-refractivity contribution in [1.82, 2.24) is 19.7 Å². The molecule has 5 rings (SSSR count). The maximum Gasteiger partial charge on any atom is 0.439 e. The molecule has 0 saturated carbocycles. The van der Waals surface area contributed by atoms with Gasteiger partial charge in [0.05, 0.1) is 11.4 Å². The van der Waals surface area contributed by atoms with Crippen molar-refractivity contribution in [2.45, 2.75) is 46.1 Å². The molecule has 0 bridgehead atoms. The molecular weight excluding hydrogens is 562 g/mol. The van der Waals surface area contributed by atoms with Gasteiger partial charge in [0.1, 0.15) is 24.4 Å². The maximum absolute atomic E-state index is 13.9. The monoisotopic (exact) mass is 593 g/mol. The van der Waals surface area contributed by atoms with Gasteiger partial charge >= 0.3 is 5.76 Å². The number of benzene rings is 3. The summed E-state index contributed by atoms with van der Waals surface area (Å²) >= 11 is 0. The summed E-state index contributed by atoms with van der Waals surface area (Å²) in [6.45, 7) is 4.98. The van der Waals surface area contributed by atoms with Crippen LogP contribution >= 0.6 is 0 Å². The predicted octanol–water partition coefficient (Wildman–Crippen LogP) is 5.45. The molecule has 1 N–H and O–H groups in total. The zero-order chi connectivity index (χ0) is 28.9. The molecular formula is C32H31FKN4O4. The van der Waals surface area contributed by atoms with Gasteiger partial charge in [-0.25, -0.2) is 14.2 Å². The van der Waals surface area contributed by atoms with E-state index in [1.54, 1.807) is 35.8 Å². The summed E-state index contributed by atoms with van der Waals surface area (Å²) in [6, 6.07) is 22.6. The molecule has 0 aliphatic heterocycles. The number of aryl methyl sites for hydroxylation is 2. The normalized spacial score (nSPS) is 11.6. The van der Waals surface area contributed by atoms with Crippen LogP contribution in [0.25, 0.3) is 28.2 Å². The fourth-order valence-corrected chi connectivity index (χ4v) is 4.87. The number of nitrogens with zero attached hydrogens (tertiary/aromatic N) is 3.